The van der Waals surface area contributed by atoms with Crippen LogP contribution in [0.2, 0.25) is 0 Å². The Morgan fingerprint density at radius 2 is 1.90 bits per heavy atom. The van der Waals surface area contributed by atoms with Gasteiger partial charge in [-0.05, 0) is 36.5 Å². The lowest BCUT2D eigenvalue weighted by atomic mass is 10.0. The molecule has 1 unspecified atom stereocenters. The van der Waals surface area contributed by atoms with Gasteiger partial charge in [0.1, 0.15) is 5.82 Å². The molecule has 0 aromatic heterocycles. The first kappa shape index (κ1) is 17.1. The Morgan fingerprint density at radius 3 is 2.45 bits per heavy atom. The summed E-state index contributed by atoms with van der Waals surface area (Å²) in [6, 6.07) is 5.42. The minimum Gasteiger partial charge on any atom is -0.396 e. The number of benzene rings is 1. The van der Waals surface area contributed by atoms with Crippen molar-refractivity contribution in [2.45, 2.75) is 31.9 Å². The number of halogens is 1. The molecule has 4 nitrogen and oxygen atoms in total. The first-order valence-electron chi connectivity index (χ1n) is 6.79. The molecule has 1 rings (SSSR count). The molecule has 2 N–H and O–H groups in total. The molecule has 0 heterocycles. The van der Waals surface area contributed by atoms with Gasteiger partial charge in [-0.25, -0.2) is 17.5 Å². The molecule has 0 bridgehead atoms. The number of rotatable bonds is 9. The fourth-order valence-electron chi connectivity index (χ4n) is 2.04. The summed E-state index contributed by atoms with van der Waals surface area (Å²) in [6.45, 7) is 2.42. The molecular formula is C14H22FNO3S. The van der Waals surface area contributed by atoms with Gasteiger partial charge in [-0.3, -0.25) is 0 Å². The average Bonchev–Trinajstić information content (AvgIpc) is 2.39. The molecule has 0 radical (unpaired) electrons. The average molecular weight is 303 g/mol. The third-order valence-corrected chi connectivity index (χ3v) is 4.42. The molecule has 114 valence electrons. The van der Waals surface area contributed by atoms with Crippen molar-refractivity contribution in [1.29, 1.82) is 0 Å². The van der Waals surface area contributed by atoms with Crippen molar-refractivity contribution in [3.05, 3.63) is 35.6 Å². The van der Waals surface area contributed by atoms with Gasteiger partial charge in [0, 0.05) is 13.2 Å². The van der Waals surface area contributed by atoms with E-state index < -0.39 is 10.0 Å². The van der Waals surface area contributed by atoms with E-state index in [4.69, 9.17) is 5.11 Å². The second-order valence-corrected chi connectivity index (χ2v) is 6.71. The molecule has 0 aliphatic rings. The molecule has 0 aliphatic carbocycles. The van der Waals surface area contributed by atoms with E-state index in [1.165, 1.54) is 24.3 Å². The maximum absolute atomic E-state index is 12.8. The molecule has 0 saturated heterocycles. The van der Waals surface area contributed by atoms with Crippen molar-refractivity contribution in [3.8, 4) is 0 Å². The van der Waals surface area contributed by atoms with Gasteiger partial charge in [-0.15, -0.1) is 0 Å². The zero-order valence-electron chi connectivity index (χ0n) is 11.7. The second-order valence-electron chi connectivity index (χ2n) is 4.90. The van der Waals surface area contributed by atoms with Crippen LogP contribution >= 0.6 is 0 Å². The normalized spacial score (nSPS) is 13.3. The van der Waals surface area contributed by atoms with Crippen LogP contribution in [0.3, 0.4) is 0 Å². The maximum atomic E-state index is 12.8. The van der Waals surface area contributed by atoms with Crippen LogP contribution in [0, 0.1) is 11.7 Å². The maximum Gasteiger partial charge on any atom is 0.215 e. The zero-order chi connectivity index (χ0) is 15.0. The number of nitrogens with one attached hydrogen (secondary N) is 1. The fourth-order valence-corrected chi connectivity index (χ4v) is 3.26. The van der Waals surface area contributed by atoms with E-state index in [0.29, 0.717) is 18.5 Å². The molecule has 6 heteroatoms. The lowest BCUT2D eigenvalue weighted by Crippen LogP contribution is -2.30. The largest absolute Gasteiger partial charge is 0.396 e. The fraction of sp³-hybridized carbons (Fsp3) is 0.571. The van der Waals surface area contributed by atoms with E-state index in [9.17, 15) is 12.8 Å². The highest BCUT2D eigenvalue weighted by molar-refractivity contribution is 7.88. The van der Waals surface area contributed by atoms with Crippen molar-refractivity contribution in [2.75, 3.05) is 13.2 Å². The van der Waals surface area contributed by atoms with Gasteiger partial charge < -0.3 is 5.11 Å². The highest BCUT2D eigenvalue weighted by atomic mass is 32.2. The molecule has 0 fully saturated rings. The van der Waals surface area contributed by atoms with Crippen LogP contribution < -0.4 is 4.72 Å². The van der Waals surface area contributed by atoms with Crippen LogP contribution in [-0.2, 0) is 15.8 Å². The van der Waals surface area contributed by atoms with E-state index in [-0.39, 0.29) is 24.1 Å². The van der Waals surface area contributed by atoms with Crippen molar-refractivity contribution in [2.24, 2.45) is 5.92 Å². The van der Waals surface area contributed by atoms with Gasteiger partial charge in [0.2, 0.25) is 10.0 Å². The standard InChI is InChI=1S/C14H22FNO3S/c1-2-3-12(8-9-17)10-16-20(18,19)11-13-4-6-14(15)7-5-13/h4-7,12,16-17H,2-3,8-11H2,1H3. The highest BCUT2D eigenvalue weighted by Gasteiger charge is 2.15. The lowest BCUT2D eigenvalue weighted by Gasteiger charge is -2.15. The van der Waals surface area contributed by atoms with Crippen molar-refractivity contribution < 1.29 is 17.9 Å². The predicted octanol–water partition coefficient (Wildman–Crippen LogP) is 2.04. The Kier molecular flexibility index (Phi) is 7.12. The molecular weight excluding hydrogens is 281 g/mol. The monoisotopic (exact) mass is 303 g/mol. The van der Waals surface area contributed by atoms with E-state index in [1.54, 1.807) is 0 Å². The van der Waals surface area contributed by atoms with Crippen LogP contribution in [0.15, 0.2) is 24.3 Å². The van der Waals surface area contributed by atoms with Gasteiger partial charge >= 0.3 is 0 Å². The minimum absolute atomic E-state index is 0.0599. The molecule has 0 amide bonds. The summed E-state index contributed by atoms with van der Waals surface area (Å²) in [7, 11) is -3.43. The molecule has 1 aromatic carbocycles. The van der Waals surface area contributed by atoms with Crippen LogP contribution in [0.5, 0.6) is 0 Å². The zero-order valence-corrected chi connectivity index (χ0v) is 12.5. The number of hydrogen-bond donors (Lipinski definition) is 2. The summed E-state index contributed by atoms with van der Waals surface area (Å²) in [6.07, 6.45) is 2.41. The number of sulfonamides is 1. The van der Waals surface area contributed by atoms with E-state index in [0.717, 1.165) is 12.8 Å². The summed E-state index contributed by atoms with van der Waals surface area (Å²) in [4.78, 5) is 0. The molecule has 0 spiro atoms. The van der Waals surface area contributed by atoms with Gasteiger partial charge in [-0.2, -0.15) is 0 Å². The predicted molar refractivity (Wildman–Crippen MR) is 77.1 cm³/mol. The molecule has 1 aromatic rings. The Morgan fingerprint density at radius 1 is 1.25 bits per heavy atom. The lowest BCUT2D eigenvalue weighted by molar-refractivity contribution is 0.251. The van der Waals surface area contributed by atoms with Crippen LogP contribution in [0.1, 0.15) is 31.7 Å². The Labute approximate surface area is 120 Å². The Hall–Kier alpha value is -0.980. The van der Waals surface area contributed by atoms with E-state index in [2.05, 4.69) is 4.72 Å². The van der Waals surface area contributed by atoms with E-state index >= 15 is 0 Å². The van der Waals surface area contributed by atoms with Gasteiger partial charge in [0.15, 0.2) is 0 Å². The first-order valence-corrected chi connectivity index (χ1v) is 8.44. The second kappa shape index (κ2) is 8.34. The third kappa shape index (κ3) is 6.45. The summed E-state index contributed by atoms with van der Waals surface area (Å²) in [5.41, 5.74) is 0.549. The van der Waals surface area contributed by atoms with Gasteiger partial charge in [0.05, 0.1) is 5.75 Å². The third-order valence-electron chi connectivity index (χ3n) is 3.10. The summed E-state index contributed by atoms with van der Waals surface area (Å²) in [5, 5.41) is 8.94. The van der Waals surface area contributed by atoms with Gasteiger partial charge in [0.25, 0.3) is 0 Å². The highest BCUT2D eigenvalue weighted by Crippen LogP contribution is 2.11. The van der Waals surface area contributed by atoms with Crippen LogP contribution in [-0.4, -0.2) is 26.7 Å². The molecule has 20 heavy (non-hydrogen) atoms. The number of aliphatic hydroxyl groups is 1. The first-order chi connectivity index (χ1) is 9.46. The molecule has 0 aliphatic heterocycles. The van der Waals surface area contributed by atoms with Crippen molar-refractivity contribution >= 4 is 10.0 Å². The van der Waals surface area contributed by atoms with Crippen LogP contribution in [0.25, 0.3) is 0 Å². The topological polar surface area (TPSA) is 66.4 Å². The SMILES string of the molecule is CCCC(CCO)CNS(=O)(=O)Cc1ccc(F)cc1. The van der Waals surface area contributed by atoms with E-state index in [1.807, 2.05) is 6.92 Å². The molecule has 0 saturated carbocycles. The summed E-state index contributed by atoms with van der Waals surface area (Å²) < 4.78 is 39.2. The summed E-state index contributed by atoms with van der Waals surface area (Å²) in [5.74, 6) is -0.399. The van der Waals surface area contributed by atoms with Crippen molar-refractivity contribution in [3.63, 3.8) is 0 Å². The minimum atomic E-state index is -3.43. The number of hydrogen-bond acceptors (Lipinski definition) is 3. The van der Waals surface area contributed by atoms with Crippen molar-refractivity contribution in [1.82, 2.24) is 4.72 Å². The number of aliphatic hydroxyl groups excluding tert-OH is 1. The van der Waals surface area contributed by atoms with Gasteiger partial charge in [-0.1, -0.05) is 25.5 Å². The molecule has 1 atom stereocenters. The van der Waals surface area contributed by atoms with Crippen LogP contribution in [0.4, 0.5) is 4.39 Å². The Balaban J connectivity index is 2.54. The smallest absolute Gasteiger partial charge is 0.215 e. The Bertz CT molecular complexity index is 482. The summed E-state index contributed by atoms with van der Waals surface area (Å²) >= 11 is 0. The quantitative estimate of drug-likeness (QED) is 0.733.